The number of nitrogens with zero attached hydrogens (tertiary/aromatic N) is 4. The van der Waals surface area contributed by atoms with Crippen molar-refractivity contribution >= 4 is 22.9 Å². The Morgan fingerprint density at radius 2 is 1.88 bits per heavy atom. The molecule has 9 heteroatoms. The number of hydrogen-bond acceptors (Lipinski definition) is 4. The molecule has 0 fully saturated rings. The van der Waals surface area contributed by atoms with Crippen molar-refractivity contribution in [1.29, 1.82) is 0 Å². The molecule has 0 saturated heterocycles. The molecule has 0 unspecified atom stereocenters. The summed E-state index contributed by atoms with van der Waals surface area (Å²) in [7, 11) is 0. The minimum absolute atomic E-state index is 0.0335. The Kier molecular flexibility index (Phi) is 3.94. The van der Waals surface area contributed by atoms with Crippen LogP contribution >= 0.6 is 0 Å². The van der Waals surface area contributed by atoms with E-state index in [-0.39, 0.29) is 17.2 Å². The number of amides is 1. The minimum Gasteiger partial charge on any atom is -0.382 e. The van der Waals surface area contributed by atoms with Crippen LogP contribution in [-0.4, -0.2) is 25.3 Å². The van der Waals surface area contributed by atoms with Crippen LogP contribution in [0.4, 0.5) is 20.3 Å². The molecule has 7 nitrogen and oxygen atoms in total. The van der Waals surface area contributed by atoms with Gasteiger partial charge in [-0.2, -0.15) is 10.2 Å². The Morgan fingerprint density at radius 1 is 1.20 bits per heavy atom. The van der Waals surface area contributed by atoms with E-state index in [4.69, 9.17) is 5.73 Å². The van der Waals surface area contributed by atoms with E-state index < -0.39 is 23.6 Å². The molecule has 0 aliphatic heterocycles. The highest BCUT2D eigenvalue weighted by atomic mass is 19.3. The average molecular weight is 348 g/mol. The van der Waals surface area contributed by atoms with Crippen LogP contribution in [-0.2, 0) is 5.54 Å². The number of hydrogen-bond donors (Lipinski definition) is 2. The molecule has 132 valence electrons. The number of halogens is 2. The largest absolute Gasteiger partial charge is 0.382 e. The van der Waals surface area contributed by atoms with Crippen LogP contribution in [0.2, 0.25) is 0 Å². The van der Waals surface area contributed by atoms with Crippen molar-refractivity contribution in [2.75, 3.05) is 11.1 Å². The Hall–Kier alpha value is -2.97. The van der Waals surface area contributed by atoms with E-state index in [0.717, 1.165) is 0 Å². The molecule has 3 aromatic heterocycles. The van der Waals surface area contributed by atoms with Gasteiger partial charge in [0.15, 0.2) is 5.69 Å². The van der Waals surface area contributed by atoms with Crippen molar-refractivity contribution in [3.05, 3.63) is 41.9 Å². The summed E-state index contributed by atoms with van der Waals surface area (Å²) in [4.78, 5) is 12.5. The van der Waals surface area contributed by atoms with Gasteiger partial charge < -0.3 is 11.1 Å². The van der Waals surface area contributed by atoms with Crippen molar-refractivity contribution in [3.63, 3.8) is 0 Å². The zero-order chi connectivity index (χ0) is 18.4. The summed E-state index contributed by atoms with van der Waals surface area (Å²) < 4.78 is 29.3. The van der Waals surface area contributed by atoms with Gasteiger partial charge in [0.05, 0.1) is 16.7 Å². The Bertz CT molecular complexity index is 938. The highest BCUT2D eigenvalue weighted by Crippen LogP contribution is 2.28. The molecule has 0 aliphatic rings. The fourth-order valence-electron chi connectivity index (χ4n) is 2.35. The number of alkyl halides is 2. The first kappa shape index (κ1) is 16.9. The van der Waals surface area contributed by atoms with Crippen molar-refractivity contribution < 1.29 is 13.6 Å². The molecule has 0 aliphatic carbocycles. The number of nitrogens with one attached hydrogen (secondary N) is 1. The van der Waals surface area contributed by atoms with Gasteiger partial charge in [-0.25, -0.2) is 13.3 Å². The molecular weight excluding hydrogens is 330 g/mol. The van der Waals surface area contributed by atoms with Gasteiger partial charge in [-0.3, -0.25) is 9.48 Å². The Balaban J connectivity index is 1.97. The zero-order valence-electron chi connectivity index (χ0n) is 14.0. The van der Waals surface area contributed by atoms with E-state index in [0.29, 0.717) is 5.52 Å². The van der Waals surface area contributed by atoms with Crippen molar-refractivity contribution in [2.24, 2.45) is 0 Å². The lowest BCUT2D eigenvalue weighted by Crippen LogP contribution is -2.22. The highest BCUT2D eigenvalue weighted by Gasteiger charge is 2.25. The van der Waals surface area contributed by atoms with E-state index in [2.05, 4.69) is 15.5 Å². The van der Waals surface area contributed by atoms with Gasteiger partial charge >= 0.3 is 0 Å². The maximum Gasteiger partial charge on any atom is 0.284 e. The van der Waals surface area contributed by atoms with Crippen molar-refractivity contribution in [3.8, 4) is 0 Å². The van der Waals surface area contributed by atoms with Crippen LogP contribution in [0.3, 0.4) is 0 Å². The maximum atomic E-state index is 13.3. The van der Waals surface area contributed by atoms with Crippen LogP contribution < -0.4 is 11.1 Å². The number of carbonyl (C=O) groups is 1. The van der Waals surface area contributed by atoms with Crippen molar-refractivity contribution in [2.45, 2.75) is 32.7 Å². The lowest BCUT2D eigenvalue weighted by molar-refractivity contribution is 0.101. The normalized spacial score (nSPS) is 12.1. The molecule has 3 aromatic rings. The summed E-state index contributed by atoms with van der Waals surface area (Å²) in [6, 6.07) is 6.56. The summed E-state index contributed by atoms with van der Waals surface area (Å²) >= 11 is 0. The van der Waals surface area contributed by atoms with Crippen LogP contribution in [0.25, 0.3) is 5.52 Å². The molecule has 0 atom stereocenters. The van der Waals surface area contributed by atoms with E-state index >= 15 is 0 Å². The number of rotatable bonds is 3. The second kappa shape index (κ2) is 5.83. The molecular formula is C16H18F2N6O. The molecule has 1 amide bonds. The van der Waals surface area contributed by atoms with Crippen LogP contribution in [0.1, 0.15) is 43.4 Å². The zero-order valence-corrected chi connectivity index (χ0v) is 14.0. The summed E-state index contributed by atoms with van der Waals surface area (Å²) in [5.41, 5.74) is 5.49. The van der Waals surface area contributed by atoms with Gasteiger partial charge in [0.1, 0.15) is 11.5 Å². The molecule has 3 heterocycles. The monoisotopic (exact) mass is 348 g/mol. The van der Waals surface area contributed by atoms with E-state index in [1.54, 1.807) is 24.3 Å². The highest BCUT2D eigenvalue weighted by molar-refractivity contribution is 6.04. The second-order valence-electron chi connectivity index (χ2n) is 6.61. The second-order valence-corrected chi connectivity index (χ2v) is 6.61. The number of fused-ring (bicyclic) bond motifs is 1. The predicted molar refractivity (Wildman–Crippen MR) is 89.7 cm³/mol. The molecule has 3 N–H and O–H groups in total. The summed E-state index contributed by atoms with van der Waals surface area (Å²) in [6.45, 7) is 5.48. The van der Waals surface area contributed by atoms with Gasteiger partial charge in [-0.1, -0.05) is 0 Å². The summed E-state index contributed by atoms with van der Waals surface area (Å²) in [6.07, 6.45) is -1.41. The van der Waals surface area contributed by atoms with Crippen molar-refractivity contribution in [1.82, 2.24) is 19.4 Å². The molecule has 25 heavy (non-hydrogen) atoms. The smallest absolute Gasteiger partial charge is 0.284 e. The Labute approximate surface area is 142 Å². The number of carbonyl (C=O) groups excluding carboxylic acids is 1. The minimum atomic E-state index is -2.81. The topological polar surface area (TPSA) is 90.2 Å². The molecule has 3 rings (SSSR count). The summed E-state index contributed by atoms with van der Waals surface area (Å²) in [5, 5.41) is 10.5. The van der Waals surface area contributed by atoms with Gasteiger partial charge in [-0.05, 0) is 45.0 Å². The lowest BCUT2D eigenvalue weighted by atomic mass is 10.1. The first-order valence-electron chi connectivity index (χ1n) is 7.60. The predicted octanol–water partition coefficient (Wildman–Crippen LogP) is 3.06. The van der Waals surface area contributed by atoms with Gasteiger partial charge in [0.25, 0.3) is 12.3 Å². The van der Waals surface area contributed by atoms with Gasteiger partial charge in [0.2, 0.25) is 0 Å². The number of aromatic nitrogens is 4. The van der Waals surface area contributed by atoms with Crippen LogP contribution in [0, 0.1) is 0 Å². The average Bonchev–Trinajstić information content (AvgIpc) is 3.10. The van der Waals surface area contributed by atoms with E-state index in [9.17, 15) is 13.6 Å². The third-order valence-corrected chi connectivity index (χ3v) is 3.64. The fraction of sp³-hybridized carbons (Fsp3) is 0.312. The van der Waals surface area contributed by atoms with E-state index in [1.165, 1.54) is 15.4 Å². The molecule has 0 saturated carbocycles. The van der Waals surface area contributed by atoms with Gasteiger partial charge in [0, 0.05) is 6.20 Å². The Morgan fingerprint density at radius 3 is 2.52 bits per heavy atom. The van der Waals surface area contributed by atoms with Crippen LogP contribution in [0.5, 0.6) is 0 Å². The SMILES string of the molecule is CC(C)(C)n1cc(NC(=O)c2ccc3ccc(N)nn23)c(C(F)F)n1. The number of nitrogen functional groups attached to an aromatic ring is 1. The number of nitrogens with two attached hydrogens (primary N) is 1. The first-order chi connectivity index (χ1) is 11.7. The number of anilines is 2. The standard InChI is InChI=1S/C16H18F2N6O/c1-16(2,3)23-8-10(13(22-23)14(17)18)20-15(25)11-6-4-9-5-7-12(19)21-24(9)11/h4-8,14H,1-3H3,(H2,19,21)(H,20,25). The van der Waals surface area contributed by atoms with Gasteiger partial charge in [-0.15, -0.1) is 0 Å². The molecule has 0 radical (unpaired) electrons. The third kappa shape index (κ3) is 3.17. The molecule has 0 aromatic carbocycles. The molecule has 0 spiro atoms. The fourth-order valence-corrected chi connectivity index (χ4v) is 2.35. The van der Waals surface area contributed by atoms with Crippen LogP contribution in [0.15, 0.2) is 30.5 Å². The van der Waals surface area contributed by atoms with E-state index in [1.807, 2.05) is 20.8 Å². The molecule has 0 bridgehead atoms. The summed E-state index contributed by atoms with van der Waals surface area (Å²) in [5.74, 6) is -0.333. The first-order valence-corrected chi connectivity index (χ1v) is 7.60. The third-order valence-electron chi connectivity index (χ3n) is 3.64. The maximum absolute atomic E-state index is 13.3. The quantitative estimate of drug-likeness (QED) is 0.761. The lowest BCUT2D eigenvalue weighted by Gasteiger charge is -2.18.